The Bertz CT molecular complexity index is 583. The Balaban J connectivity index is 2.32. The highest BCUT2D eigenvalue weighted by molar-refractivity contribution is 5.76. The summed E-state index contributed by atoms with van der Waals surface area (Å²) >= 11 is 0. The van der Waals surface area contributed by atoms with E-state index in [-0.39, 0.29) is 0 Å². The fraction of sp³-hybridized carbons (Fsp3) is 0.500. The highest BCUT2D eigenvalue weighted by Crippen LogP contribution is 2.20. The third-order valence-electron chi connectivity index (χ3n) is 3.06. The van der Waals surface area contributed by atoms with Crippen molar-refractivity contribution in [3.63, 3.8) is 0 Å². The zero-order chi connectivity index (χ0) is 14.5. The van der Waals surface area contributed by atoms with Crippen LogP contribution in [-0.2, 0) is 17.7 Å². The molecule has 2 rings (SSSR count). The van der Waals surface area contributed by atoms with E-state index in [9.17, 15) is 8.78 Å². The minimum atomic E-state index is -0.871. The molecule has 0 saturated carbocycles. The number of aromatic nitrogens is 2. The maximum Gasteiger partial charge on any atom is 0.161 e. The average Bonchev–Trinajstić information content (AvgIpc) is 2.73. The molecule has 2 N–H and O–H groups in total. The molecular formula is C14H19F2N3O. The lowest BCUT2D eigenvalue weighted by atomic mass is 10.3. The first kappa shape index (κ1) is 14.9. The topological polar surface area (TPSA) is 53.1 Å². The molecule has 0 aliphatic carbocycles. The zero-order valence-corrected chi connectivity index (χ0v) is 11.5. The summed E-state index contributed by atoms with van der Waals surface area (Å²) in [6.45, 7) is 4.01. The Kier molecular flexibility index (Phi) is 5.03. The van der Waals surface area contributed by atoms with Gasteiger partial charge in [0.25, 0.3) is 0 Å². The number of halogens is 2. The molecule has 0 radical (unpaired) electrons. The molecule has 110 valence electrons. The smallest absolute Gasteiger partial charge is 0.161 e. The van der Waals surface area contributed by atoms with Gasteiger partial charge in [0.05, 0.1) is 24.2 Å². The first-order chi connectivity index (χ1) is 9.67. The largest absolute Gasteiger partial charge is 0.378 e. The van der Waals surface area contributed by atoms with Crippen molar-refractivity contribution in [3.05, 3.63) is 29.6 Å². The van der Waals surface area contributed by atoms with Gasteiger partial charge in [0.1, 0.15) is 5.82 Å². The van der Waals surface area contributed by atoms with E-state index in [4.69, 9.17) is 10.5 Å². The van der Waals surface area contributed by atoms with Gasteiger partial charge in [0, 0.05) is 31.6 Å². The Labute approximate surface area is 116 Å². The van der Waals surface area contributed by atoms with Gasteiger partial charge in [-0.2, -0.15) is 0 Å². The number of nitrogens with two attached hydrogens (primary N) is 1. The molecule has 0 spiro atoms. The maximum atomic E-state index is 13.4. The van der Waals surface area contributed by atoms with Gasteiger partial charge in [-0.25, -0.2) is 13.8 Å². The van der Waals surface area contributed by atoms with Crippen LogP contribution >= 0.6 is 0 Å². The van der Waals surface area contributed by atoms with Crippen molar-refractivity contribution in [3.8, 4) is 0 Å². The number of fused-ring (bicyclic) bond motifs is 1. The second-order valence-electron chi connectivity index (χ2n) is 4.59. The van der Waals surface area contributed by atoms with Crippen LogP contribution in [0, 0.1) is 11.6 Å². The average molecular weight is 283 g/mol. The molecule has 1 aromatic carbocycles. The van der Waals surface area contributed by atoms with Crippen molar-refractivity contribution >= 4 is 11.0 Å². The van der Waals surface area contributed by atoms with Crippen LogP contribution in [0.2, 0.25) is 0 Å². The van der Waals surface area contributed by atoms with Gasteiger partial charge < -0.3 is 15.0 Å². The molecule has 0 unspecified atom stereocenters. The van der Waals surface area contributed by atoms with E-state index in [1.54, 1.807) is 0 Å². The van der Waals surface area contributed by atoms with Gasteiger partial charge in [-0.3, -0.25) is 0 Å². The number of ether oxygens (including phenoxy) is 1. The summed E-state index contributed by atoms with van der Waals surface area (Å²) in [7, 11) is 0. The quantitative estimate of drug-likeness (QED) is 0.793. The van der Waals surface area contributed by atoms with Gasteiger partial charge in [-0.05, 0) is 6.42 Å². The minimum Gasteiger partial charge on any atom is -0.378 e. The summed E-state index contributed by atoms with van der Waals surface area (Å²) in [6.07, 6.45) is 1.67. The van der Waals surface area contributed by atoms with E-state index in [1.165, 1.54) is 6.07 Å². The second-order valence-corrected chi connectivity index (χ2v) is 4.59. The lowest BCUT2D eigenvalue weighted by Gasteiger charge is -2.09. The van der Waals surface area contributed by atoms with Crippen molar-refractivity contribution in [1.82, 2.24) is 9.55 Å². The van der Waals surface area contributed by atoms with Gasteiger partial charge in [0.2, 0.25) is 0 Å². The number of hydrogen-bond acceptors (Lipinski definition) is 3. The Morgan fingerprint density at radius 3 is 2.70 bits per heavy atom. The van der Waals surface area contributed by atoms with Crippen LogP contribution in [0.3, 0.4) is 0 Å². The Morgan fingerprint density at radius 2 is 2.00 bits per heavy atom. The normalized spacial score (nSPS) is 11.4. The second kappa shape index (κ2) is 6.76. The monoisotopic (exact) mass is 283 g/mol. The number of aryl methyl sites for hydroxylation is 1. The third-order valence-corrected chi connectivity index (χ3v) is 3.06. The predicted octanol–water partition coefficient (Wildman–Crippen LogP) is 2.24. The van der Waals surface area contributed by atoms with E-state index >= 15 is 0 Å². The molecule has 6 heteroatoms. The van der Waals surface area contributed by atoms with Crippen molar-refractivity contribution in [2.75, 3.05) is 19.8 Å². The molecule has 0 saturated heterocycles. The van der Waals surface area contributed by atoms with Gasteiger partial charge in [0.15, 0.2) is 11.6 Å². The molecule has 0 amide bonds. The molecule has 1 aromatic heterocycles. The number of benzene rings is 1. The van der Waals surface area contributed by atoms with Crippen LogP contribution in [0.25, 0.3) is 11.0 Å². The summed E-state index contributed by atoms with van der Waals surface area (Å²) in [5, 5.41) is 0. The lowest BCUT2D eigenvalue weighted by molar-refractivity contribution is 0.133. The van der Waals surface area contributed by atoms with E-state index in [0.29, 0.717) is 37.3 Å². The Hall–Kier alpha value is -1.53. The fourth-order valence-electron chi connectivity index (χ4n) is 2.18. The van der Waals surface area contributed by atoms with Crippen molar-refractivity contribution < 1.29 is 13.5 Å². The van der Waals surface area contributed by atoms with Crippen LogP contribution in [0.4, 0.5) is 8.78 Å². The SMILES string of the molecule is CCCc1nc2cc(F)c(F)cc2n1CCOCCN. The lowest BCUT2D eigenvalue weighted by Crippen LogP contribution is -2.14. The summed E-state index contributed by atoms with van der Waals surface area (Å²) in [5.41, 5.74) is 6.44. The van der Waals surface area contributed by atoms with E-state index < -0.39 is 11.6 Å². The number of imidazole rings is 1. The van der Waals surface area contributed by atoms with E-state index in [1.807, 2.05) is 11.5 Å². The van der Waals surface area contributed by atoms with Gasteiger partial charge in [-0.15, -0.1) is 0 Å². The first-order valence-electron chi connectivity index (χ1n) is 6.79. The number of hydrogen-bond donors (Lipinski definition) is 1. The molecule has 0 fully saturated rings. The number of rotatable bonds is 7. The summed E-state index contributed by atoms with van der Waals surface area (Å²) < 4.78 is 33.9. The molecule has 4 nitrogen and oxygen atoms in total. The third kappa shape index (κ3) is 3.13. The summed E-state index contributed by atoms with van der Waals surface area (Å²) in [4.78, 5) is 4.38. The molecule has 1 heterocycles. The van der Waals surface area contributed by atoms with E-state index in [0.717, 1.165) is 24.7 Å². The van der Waals surface area contributed by atoms with Crippen LogP contribution < -0.4 is 5.73 Å². The molecule has 20 heavy (non-hydrogen) atoms. The van der Waals surface area contributed by atoms with Crippen molar-refractivity contribution in [2.24, 2.45) is 5.73 Å². The molecule has 2 aromatic rings. The highest BCUT2D eigenvalue weighted by Gasteiger charge is 2.13. The maximum absolute atomic E-state index is 13.4. The fourth-order valence-corrected chi connectivity index (χ4v) is 2.18. The number of nitrogens with zero attached hydrogens (tertiary/aromatic N) is 2. The van der Waals surface area contributed by atoms with E-state index in [2.05, 4.69) is 4.98 Å². The highest BCUT2D eigenvalue weighted by atomic mass is 19.2. The first-order valence-corrected chi connectivity index (χ1v) is 6.79. The summed E-state index contributed by atoms with van der Waals surface area (Å²) in [5.74, 6) is -0.905. The van der Waals surface area contributed by atoms with Crippen molar-refractivity contribution in [1.29, 1.82) is 0 Å². The van der Waals surface area contributed by atoms with Crippen LogP contribution in [-0.4, -0.2) is 29.3 Å². The molecule has 0 bridgehead atoms. The predicted molar refractivity (Wildman–Crippen MR) is 73.5 cm³/mol. The van der Waals surface area contributed by atoms with Crippen LogP contribution in [0.5, 0.6) is 0 Å². The van der Waals surface area contributed by atoms with Gasteiger partial charge in [-0.1, -0.05) is 6.92 Å². The van der Waals surface area contributed by atoms with Crippen molar-refractivity contribution in [2.45, 2.75) is 26.3 Å². The van der Waals surface area contributed by atoms with Gasteiger partial charge >= 0.3 is 0 Å². The molecule has 0 atom stereocenters. The molecule has 0 aliphatic heterocycles. The molecular weight excluding hydrogens is 264 g/mol. The van der Waals surface area contributed by atoms with Crippen LogP contribution in [0.1, 0.15) is 19.2 Å². The standard InChI is InChI=1S/C14H19F2N3O/c1-2-3-14-18-12-8-10(15)11(16)9-13(12)19(14)5-7-20-6-4-17/h8-9H,2-7,17H2,1H3. The van der Waals surface area contributed by atoms with Crippen LogP contribution in [0.15, 0.2) is 12.1 Å². The zero-order valence-electron chi connectivity index (χ0n) is 11.5. The minimum absolute atomic E-state index is 0.465. The Morgan fingerprint density at radius 1 is 1.25 bits per heavy atom. The molecule has 0 aliphatic rings. The summed E-state index contributed by atoms with van der Waals surface area (Å²) in [6, 6.07) is 2.33.